The third-order valence-electron chi connectivity index (χ3n) is 4.67. The molecule has 0 radical (unpaired) electrons. The summed E-state index contributed by atoms with van der Waals surface area (Å²) in [6.07, 6.45) is -8.25. The first kappa shape index (κ1) is 27.0. The van der Waals surface area contributed by atoms with Crippen molar-refractivity contribution >= 4 is 0 Å². The van der Waals surface area contributed by atoms with E-state index >= 15 is 0 Å². The largest absolute Gasteiger partial charge is 0.573 e. The third-order valence-corrected chi connectivity index (χ3v) is 4.67. The lowest BCUT2D eigenvalue weighted by Crippen LogP contribution is -2.32. The molecule has 0 spiro atoms. The van der Waals surface area contributed by atoms with Crippen molar-refractivity contribution in [1.82, 2.24) is 0 Å². The van der Waals surface area contributed by atoms with Crippen LogP contribution in [-0.2, 0) is 6.42 Å². The summed E-state index contributed by atoms with van der Waals surface area (Å²) >= 11 is 0. The average Bonchev–Trinajstić information content (AvgIpc) is 2.75. The van der Waals surface area contributed by atoms with E-state index in [0.29, 0.717) is 6.42 Å². The van der Waals surface area contributed by atoms with Gasteiger partial charge in [-0.3, -0.25) is 0 Å². The van der Waals surface area contributed by atoms with Gasteiger partial charge in [-0.15, -0.1) is 13.2 Å². The van der Waals surface area contributed by atoms with Crippen LogP contribution in [0.2, 0.25) is 0 Å². The molecule has 0 unspecified atom stereocenters. The minimum absolute atomic E-state index is 0.0494. The van der Waals surface area contributed by atoms with E-state index < -0.39 is 59.6 Å². The molecule has 0 atom stereocenters. The zero-order valence-electron chi connectivity index (χ0n) is 18.4. The Bertz CT molecular complexity index is 1200. The SMILES string of the molecule is CCCc1ccc(-c2ccc(OCC(F)(F)Oc3cc(F)c(OC(F)(F)F)c(F)c3)c(F)c2)c(F)c1. The van der Waals surface area contributed by atoms with Gasteiger partial charge < -0.3 is 14.2 Å². The van der Waals surface area contributed by atoms with Crippen molar-refractivity contribution in [3.8, 4) is 28.4 Å². The number of halogens is 9. The van der Waals surface area contributed by atoms with E-state index in [0.717, 1.165) is 24.1 Å². The maximum atomic E-state index is 14.4. The van der Waals surface area contributed by atoms with Gasteiger partial charge in [-0.2, -0.15) is 8.78 Å². The van der Waals surface area contributed by atoms with Crippen molar-refractivity contribution in [1.29, 1.82) is 0 Å². The van der Waals surface area contributed by atoms with E-state index in [2.05, 4.69) is 9.47 Å². The van der Waals surface area contributed by atoms with Gasteiger partial charge >= 0.3 is 12.5 Å². The lowest BCUT2D eigenvalue weighted by molar-refractivity contribution is -0.276. The predicted molar refractivity (Wildman–Crippen MR) is 110 cm³/mol. The van der Waals surface area contributed by atoms with Gasteiger partial charge in [-0.05, 0) is 35.7 Å². The normalized spacial score (nSPS) is 11.9. The zero-order valence-corrected chi connectivity index (χ0v) is 18.4. The molecule has 0 bridgehead atoms. The molecule has 3 rings (SSSR count). The molecule has 3 aromatic rings. The number of hydrogen-bond acceptors (Lipinski definition) is 3. The van der Waals surface area contributed by atoms with Crippen LogP contribution < -0.4 is 14.2 Å². The maximum Gasteiger partial charge on any atom is 0.573 e. The van der Waals surface area contributed by atoms with Crippen molar-refractivity contribution in [2.75, 3.05) is 6.61 Å². The summed E-state index contributed by atoms with van der Waals surface area (Å²) in [6, 6.07) is 7.63. The van der Waals surface area contributed by atoms with Crippen LogP contribution in [0.25, 0.3) is 11.1 Å². The second-order valence-electron chi connectivity index (χ2n) is 7.50. The third kappa shape index (κ3) is 6.98. The fourth-order valence-corrected chi connectivity index (χ4v) is 3.19. The number of ether oxygens (including phenoxy) is 3. The van der Waals surface area contributed by atoms with Gasteiger partial charge in [0, 0.05) is 17.7 Å². The van der Waals surface area contributed by atoms with Crippen LogP contribution in [0.4, 0.5) is 39.5 Å². The van der Waals surface area contributed by atoms with Crippen molar-refractivity contribution in [3.05, 3.63) is 77.4 Å². The van der Waals surface area contributed by atoms with E-state index in [1.807, 2.05) is 6.92 Å². The summed E-state index contributed by atoms with van der Waals surface area (Å²) < 4.78 is 133. The summed E-state index contributed by atoms with van der Waals surface area (Å²) in [5.74, 6) is -9.28. The Labute approximate surface area is 199 Å². The Morgan fingerprint density at radius 1 is 0.722 bits per heavy atom. The Kier molecular flexibility index (Phi) is 7.95. The fourth-order valence-electron chi connectivity index (χ4n) is 3.19. The van der Waals surface area contributed by atoms with Gasteiger partial charge in [-0.1, -0.05) is 31.5 Å². The van der Waals surface area contributed by atoms with Crippen LogP contribution in [0.3, 0.4) is 0 Å². The molecule has 0 saturated carbocycles. The molecular weight excluding hydrogens is 507 g/mol. The van der Waals surface area contributed by atoms with Gasteiger partial charge in [0.15, 0.2) is 29.8 Å². The van der Waals surface area contributed by atoms with Gasteiger partial charge in [0.25, 0.3) is 0 Å². The molecule has 36 heavy (non-hydrogen) atoms. The Morgan fingerprint density at radius 2 is 1.39 bits per heavy atom. The molecule has 0 amide bonds. The van der Waals surface area contributed by atoms with E-state index in [1.54, 1.807) is 6.07 Å². The molecule has 0 aromatic heterocycles. The summed E-state index contributed by atoms with van der Waals surface area (Å²) in [5.41, 5.74) is 0.954. The summed E-state index contributed by atoms with van der Waals surface area (Å²) in [6.45, 7) is 0.293. The molecule has 0 N–H and O–H groups in total. The molecule has 0 aliphatic rings. The van der Waals surface area contributed by atoms with Crippen LogP contribution in [0.1, 0.15) is 18.9 Å². The van der Waals surface area contributed by atoms with Crippen LogP contribution in [0.15, 0.2) is 48.5 Å². The zero-order chi connectivity index (χ0) is 26.7. The van der Waals surface area contributed by atoms with Gasteiger partial charge in [-0.25, -0.2) is 17.6 Å². The second kappa shape index (κ2) is 10.6. The van der Waals surface area contributed by atoms with Gasteiger partial charge in [0.05, 0.1) is 0 Å². The predicted octanol–water partition coefficient (Wildman–Crippen LogP) is 7.81. The molecule has 0 fully saturated rings. The number of alkyl halides is 5. The van der Waals surface area contributed by atoms with Crippen LogP contribution in [-0.4, -0.2) is 19.1 Å². The van der Waals surface area contributed by atoms with Crippen LogP contribution >= 0.6 is 0 Å². The molecule has 12 heteroatoms. The molecule has 0 heterocycles. The minimum atomic E-state index is -5.42. The lowest BCUT2D eigenvalue weighted by Gasteiger charge is -2.19. The molecule has 3 aromatic carbocycles. The Hall–Kier alpha value is -3.57. The molecule has 3 nitrogen and oxygen atoms in total. The fraction of sp³-hybridized carbons (Fsp3) is 0.250. The van der Waals surface area contributed by atoms with E-state index in [1.165, 1.54) is 18.2 Å². The van der Waals surface area contributed by atoms with E-state index in [4.69, 9.17) is 4.74 Å². The standard InChI is InChI=1S/C24H17F9O3/c1-2-3-13-4-6-16(17(25)8-13)14-5-7-21(18(26)9-14)34-12-23(29,30)35-15-10-19(27)22(20(28)11-15)36-24(31,32)33/h4-11H,2-3,12H2,1H3. The van der Waals surface area contributed by atoms with E-state index in [9.17, 15) is 39.5 Å². The number of hydrogen-bond donors (Lipinski definition) is 0. The monoisotopic (exact) mass is 524 g/mol. The maximum absolute atomic E-state index is 14.4. The first-order valence-corrected chi connectivity index (χ1v) is 10.3. The Balaban J connectivity index is 1.69. The smallest absolute Gasteiger partial charge is 0.480 e. The highest BCUT2D eigenvalue weighted by Crippen LogP contribution is 2.34. The molecular formula is C24H17F9O3. The number of benzene rings is 3. The molecule has 0 aliphatic carbocycles. The van der Waals surface area contributed by atoms with Crippen molar-refractivity contribution in [2.45, 2.75) is 32.2 Å². The van der Waals surface area contributed by atoms with E-state index in [-0.39, 0.29) is 23.3 Å². The molecule has 0 saturated heterocycles. The summed E-state index contributed by atoms with van der Waals surface area (Å²) in [5, 5.41) is 0. The lowest BCUT2D eigenvalue weighted by atomic mass is 10.0. The minimum Gasteiger partial charge on any atom is -0.480 e. The number of aryl methyl sites for hydroxylation is 1. The van der Waals surface area contributed by atoms with Crippen molar-refractivity contribution in [3.63, 3.8) is 0 Å². The van der Waals surface area contributed by atoms with Crippen LogP contribution in [0, 0.1) is 23.3 Å². The number of rotatable bonds is 9. The highest BCUT2D eigenvalue weighted by Gasteiger charge is 2.36. The first-order valence-electron chi connectivity index (χ1n) is 10.3. The Morgan fingerprint density at radius 3 is 1.94 bits per heavy atom. The molecule has 194 valence electrons. The average molecular weight is 524 g/mol. The second-order valence-corrected chi connectivity index (χ2v) is 7.50. The van der Waals surface area contributed by atoms with Crippen molar-refractivity contribution < 1.29 is 53.7 Å². The first-order chi connectivity index (χ1) is 16.8. The summed E-state index contributed by atoms with van der Waals surface area (Å²) in [4.78, 5) is 0. The summed E-state index contributed by atoms with van der Waals surface area (Å²) in [7, 11) is 0. The quantitative estimate of drug-likeness (QED) is 0.267. The highest BCUT2D eigenvalue weighted by atomic mass is 19.4. The highest BCUT2D eigenvalue weighted by molar-refractivity contribution is 5.65. The van der Waals surface area contributed by atoms with Crippen molar-refractivity contribution in [2.24, 2.45) is 0 Å². The van der Waals surface area contributed by atoms with Crippen LogP contribution in [0.5, 0.6) is 17.2 Å². The molecule has 0 aliphatic heterocycles. The van der Waals surface area contributed by atoms with Gasteiger partial charge in [0.1, 0.15) is 11.6 Å². The van der Waals surface area contributed by atoms with Gasteiger partial charge in [0.2, 0.25) is 5.75 Å². The topological polar surface area (TPSA) is 27.7 Å².